The van der Waals surface area contributed by atoms with Gasteiger partial charge in [-0.25, -0.2) is 9.18 Å². The van der Waals surface area contributed by atoms with Crippen molar-refractivity contribution in [2.45, 2.75) is 0 Å². The molecule has 0 aliphatic heterocycles. The van der Waals surface area contributed by atoms with Crippen LogP contribution in [-0.2, 0) is 4.79 Å². The van der Waals surface area contributed by atoms with Crippen molar-refractivity contribution in [3.63, 3.8) is 0 Å². The Morgan fingerprint density at radius 3 is 2.10 bits per heavy atom. The molecule has 0 aliphatic rings. The van der Waals surface area contributed by atoms with Crippen molar-refractivity contribution in [3.8, 4) is 17.2 Å². The van der Waals surface area contributed by atoms with Gasteiger partial charge in [-0.2, -0.15) is 0 Å². The molecule has 0 unspecified atom stereocenters. The smallest absolute Gasteiger partial charge is 0.349 e. The highest BCUT2D eigenvalue weighted by Gasteiger charge is 2.06. The van der Waals surface area contributed by atoms with Gasteiger partial charge in [0.25, 0.3) is 0 Å². The molecule has 0 heterocycles. The van der Waals surface area contributed by atoms with Crippen LogP contribution in [-0.4, -0.2) is 19.7 Å². The molecular weight excluding hydrogens is 263 g/mol. The van der Waals surface area contributed by atoms with Crippen LogP contribution in [0.15, 0.2) is 48.5 Å². The fourth-order valence-electron chi connectivity index (χ4n) is 1.48. The first-order valence-electron chi connectivity index (χ1n) is 5.90. The van der Waals surface area contributed by atoms with Crippen molar-refractivity contribution in [1.29, 1.82) is 0 Å². The average Bonchev–Trinajstić information content (AvgIpc) is 2.48. The second-order valence-electron chi connectivity index (χ2n) is 3.89. The topological polar surface area (TPSA) is 44.8 Å². The highest BCUT2D eigenvalue weighted by atomic mass is 19.1. The second-order valence-corrected chi connectivity index (χ2v) is 3.89. The van der Waals surface area contributed by atoms with Crippen LogP contribution in [0.3, 0.4) is 0 Å². The maximum atomic E-state index is 12.7. The molecule has 0 N–H and O–H groups in total. The summed E-state index contributed by atoms with van der Waals surface area (Å²) in [6.45, 7) is -0.232. The van der Waals surface area contributed by atoms with Crippen molar-refractivity contribution in [3.05, 3.63) is 54.3 Å². The van der Waals surface area contributed by atoms with Crippen molar-refractivity contribution in [1.82, 2.24) is 0 Å². The van der Waals surface area contributed by atoms with Gasteiger partial charge in [0.2, 0.25) is 0 Å². The first kappa shape index (κ1) is 13.9. The number of halogens is 1. The van der Waals surface area contributed by atoms with Crippen LogP contribution in [0.2, 0.25) is 0 Å². The third-order valence-electron chi connectivity index (χ3n) is 2.46. The highest BCUT2D eigenvalue weighted by molar-refractivity contribution is 5.73. The van der Waals surface area contributed by atoms with E-state index in [-0.39, 0.29) is 18.2 Å². The van der Waals surface area contributed by atoms with Gasteiger partial charge in [-0.1, -0.05) is 0 Å². The van der Waals surface area contributed by atoms with Crippen LogP contribution in [0, 0.1) is 5.82 Å². The zero-order chi connectivity index (χ0) is 14.4. The maximum absolute atomic E-state index is 12.7. The molecule has 0 aliphatic carbocycles. The first-order chi connectivity index (χ1) is 9.67. The van der Waals surface area contributed by atoms with Gasteiger partial charge >= 0.3 is 5.97 Å². The molecule has 2 aromatic rings. The molecule has 0 saturated carbocycles. The molecule has 0 spiro atoms. The fourth-order valence-corrected chi connectivity index (χ4v) is 1.48. The zero-order valence-corrected chi connectivity index (χ0v) is 10.8. The van der Waals surface area contributed by atoms with Gasteiger partial charge in [0.1, 0.15) is 23.1 Å². The predicted octanol–water partition coefficient (Wildman–Crippen LogP) is 2.82. The summed E-state index contributed by atoms with van der Waals surface area (Å²) < 4.78 is 27.9. The van der Waals surface area contributed by atoms with Gasteiger partial charge < -0.3 is 14.2 Å². The zero-order valence-electron chi connectivity index (χ0n) is 10.8. The Hall–Kier alpha value is -2.56. The number of rotatable bonds is 5. The van der Waals surface area contributed by atoms with Crippen LogP contribution >= 0.6 is 0 Å². The minimum atomic E-state index is -0.563. The van der Waals surface area contributed by atoms with E-state index in [1.165, 1.54) is 24.3 Å². The van der Waals surface area contributed by atoms with Crippen LogP contribution in [0.5, 0.6) is 17.2 Å². The van der Waals surface area contributed by atoms with E-state index in [1.807, 2.05) is 0 Å². The summed E-state index contributed by atoms with van der Waals surface area (Å²) in [7, 11) is 1.57. The van der Waals surface area contributed by atoms with Gasteiger partial charge in [0, 0.05) is 0 Å². The maximum Gasteiger partial charge on any atom is 0.349 e. The monoisotopic (exact) mass is 276 g/mol. The summed E-state index contributed by atoms with van der Waals surface area (Å²) in [6, 6.07) is 12.0. The molecule has 20 heavy (non-hydrogen) atoms. The SMILES string of the molecule is COc1ccc(OCC(=O)Oc2ccc(F)cc2)cc1. The van der Waals surface area contributed by atoms with E-state index in [9.17, 15) is 9.18 Å². The molecule has 0 saturated heterocycles. The van der Waals surface area contributed by atoms with E-state index >= 15 is 0 Å². The standard InChI is InChI=1S/C15H13FO4/c1-18-12-6-8-13(9-7-12)19-10-15(17)20-14-4-2-11(16)3-5-14/h2-9H,10H2,1H3. The number of ether oxygens (including phenoxy) is 3. The van der Waals surface area contributed by atoms with Crippen LogP contribution in [0.25, 0.3) is 0 Å². The van der Waals surface area contributed by atoms with Gasteiger partial charge in [-0.05, 0) is 48.5 Å². The van der Waals surface area contributed by atoms with Gasteiger partial charge in [-0.15, -0.1) is 0 Å². The minimum Gasteiger partial charge on any atom is -0.497 e. The Balaban J connectivity index is 1.83. The van der Waals surface area contributed by atoms with Gasteiger partial charge in [0.15, 0.2) is 6.61 Å². The fraction of sp³-hybridized carbons (Fsp3) is 0.133. The van der Waals surface area contributed by atoms with E-state index in [1.54, 1.807) is 31.4 Å². The van der Waals surface area contributed by atoms with Gasteiger partial charge in [-0.3, -0.25) is 0 Å². The van der Waals surface area contributed by atoms with Crippen molar-refractivity contribution in [2.75, 3.05) is 13.7 Å². The lowest BCUT2D eigenvalue weighted by Gasteiger charge is -2.07. The third kappa shape index (κ3) is 3.98. The summed E-state index contributed by atoms with van der Waals surface area (Å²) in [5, 5.41) is 0. The van der Waals surface area contributed by atoms with Crippen LogP contribution in [0.1, 0.15) is 0 Å². The Kier molecular flexibility index (Phi) is 4.55. The van der Waals surface area contributed by atoms with E-state index < -0.39 is 5.97 Å². The third-order valence-corrected chi connectivity index (χ3v) is 2.46. The average molecular weight is 276 g/mol. The van der Waals surface area contributed by atoms with E-state index in [0.717, 1.165) is 0 Å². The molecule has 0 bridgehead atoms. The molecule has 0 aromatic heterocycles. The summed E-state index contributed by atoms with van der Waals surface area (Å²) in [6.07, 6.45) is 0. The Labute approximate surface area is 115 Å². The first-order valence-corrected chi connectivity index (χ1v) is 5.90. The summed E-state index contributed by atoms with van der Waals surface area (Å²) in [5.41, 5.74) is 0. The Bertz CT molecular complexity index is 563. The number of benzene rings is 2. The van der Waals surface area contributed by atoms with Crippen molar-refractivity contribution < 1.29 is 23.4 Å². The van der Waals surface area contributed by atoms with Crippen molar-refractivity contribution >= 4 is 5.97 Å². The molecule has 2 aromatic carbocycles. The lowest BCUT2D eigenvalue weighted by atomic mass is 10.3. The summed E-state index contributed by atoms with van der Waals surface area (Å²) >= 11 is 0. The van der Waals surface area contributed by atoms with E-state index in [0.29, 0.717) is 11.5 Å². The Morgan fingerprint density at radius 1 is 0.950 bits per heavy atom. The number of hydrogen-bond acceptors (Lipinski definition) is 4. The lowest BCUT2D eigenvalue weighted by Crippen LogP contribution is -2.17. The number of carbonyl (C=O) groups excluding carboxylic acids is 1. The largest absolute Gasteiger partial charge is 0.497 e. The van der Waals surface area contributed by atoms with E-state index in [2.05, 4.69) is 0 Å². The quantitative estimate of drug-likeness (QED) is 0.622. The normalized spacial score (nSPS) is 9.90. The summed E-state index contributed by atoms with van der Waals surface area (Å²) in [5.74, 6) is 0.550. The number of methoxy groups -OCH3 is 1. The molecule has 5 heteroatoms. The molecule has 104 valence electrons. The minimum absolute atomic E-state index is 0.232. The molecule has 0 amide bonds. The molecule has 0 atom stereocenters. The van der Waals surface area contributed by atoms with E-state index in [4.69, 9.17) is 14.2 Å². The second kappa shape index (κ2) is 6.56. The number of hydrogen-bond donors (Lipinski definition) is 0. The molecular formula is C15H13FO4. The molecule has 0 radical (unpaired) electrons. The molecule has 4 nitrogen and oxygen atoms in total. The number of esters is 1. The Morgan fingerprint density at radius 2 is 1.50 bits per heavy atom. The van der Waals surface area contributed by atoms with Crippen LogP contribution in [0.4, 0.5) is 4.39 Å². The lowest BCUT2D eigenvalue weighted by molar-refractivity contribution is -0.136. The molecule has 0 fully saturated rings. The summed E-state index contributed by atoms with van der Waals surface area (Å²) in [4.78, 5) is 11.5. The van der Waals surface area contributed by atoms with Crippen molar-refractivity contribution in [2.24, 2.45) is 0 Å². The van der Waals surface area contributed by atoms with Gasteiger partial charge in [0.05, 0.1) is 7.11 Å². The highest BCUT2D eigenvalue weighted by Crippen LogP contribution is 2.17. The predicted molar refractivity (Wildman–Crippen MR) is 70.5 cm³/mol. The molecule has 2 rings (SSSR count). The number of carbonyl (C=O) groups is 1. The van der Waals surface area contributed by atoms with Crippen LogP contribution < -0.4 is 14.2 Å².